The normalized spacial score (nSPS) is 18.5. The van der Waals surface area contributed by atoms with Crippen molar-refractivity contribution >= 4 is 22.5 Å². The van der Waals surface area contributed by atoms with Gasteiger partial charge in [-0.25, -0.2) is 26.8 Å². The van der Waals surface area contributed by atoms with Gasteiger partial charge in [-0.1, -0.05) is 11.3 Å². The summed E-state index contributed by atoms with van der Waals surface area (Å²) in [5, 5.41) is 15.2. The lowest BCUT2D eigenvalue weighted by Gasteiger charge is -2.36. The number of alkyl halides is 4. The third-order valence-corrected chi connectivity index (χ3v) is 6.15. The number of methoxy groups -OCH3 is 1. The van der Waals surface area contributed by atoms with Crippen molar-refractivity contribution in [2.24, 2.45) is 0 Å². The molecular formula is C22H24F4N8O. The highest BCUT2D eigenvalue weighted by molar-refractivity contribution is 5.89. The number of hydrogen-bond acceptors (Lipinski definition) is 7. The number of nitrogens with zero attached hydrogens (tertiary/aromatic N) is 7. The molecule has 1 fully saturated rings. The first-order valence-electron chi connectivity index (χ1n) is 11.1. The number of fused-ring (bicyclic) bond motifs is 2. The number of aromatic nitrogens is 6. The highest BCUT2D eigenvalue weighted by Gasteiger charge is 2.44. The average molecular weight is 492 g/mol. The van der Waals surface area contributed by atoms with Crippen molar-refractivity contribution in [3.05, 3.63) is 30.5 Å². The molecular weight excluding hydrogens is 468 g/mol. The smallest absolute Gasteiger partial charge is 0.280 e. The Kier molecular flexibility index (Phi) is 5.95. The molecule has 3 aromatic heterocycles. The van der Waals surface area contributed by atoms with E-state index in [1.54, 1.807) is 36.3 Å². The van der Waals surface area contributed by atoms with Crippen LogP contribution in [0.3, 0.4) is 0 Å². The van der Waals surface area contributed by atoms with Crippen molar-refractivity contribution in [2.75, 3.05) is 32.6 Å². The molecule has 0 radical (unpaired) electrons. The summed E-state index contributed by atoms with van der Waals surface area (Å²) in [4.78, 5) is 5.94. The van der Waals surface area contributed by atoms with Crippen LogP contribution in [0.2, 0.25) is 0 Å². The lowest BCUT2D eigenvalue weighted by molar-refractivity contribution is -0.0675. The van der Waals surface area contributed by atoms with Gasteiger partial charge in [-0.15, -0.1) is 10.2 Å². The first-order chi connectivity index (χ1) is 16.7. The van der Waals surface area contributed by atoms with Crippen LogP contribution in [0, 0.1) is 0 Å². The molecule has 35 heavy (non-hydrogen) atoms. The van der Waals surface area contributed by atoms with Crippen LogP contribution in [0.4, 0.5) is 23.5 Å². The Morgan fingerprint density at radius 3 is 2.83 bits per heavy atom. The fourth-order valence-corrected chi connectivity index (χ4v) is 4.39. The summed E-state index contributed by atoms with van der Waals surface area (Å²) in [6, 6.07) is 6.09. The van der Waals surface area contributed by atoms with Crippen LogP contribution in [0.15, 0.2) is 30.5 Å². The van der Waals surface area contributed by atoms with Gasteiger partial charge < -0.3 is 15.0 Å². The van der Waals surface area contributed by atoms with Gasteiger partial charge in [0, 0.05) is 31.3 Å². The molecule has 0 saturated carbocycles. The van der Waals surface area contributed by atoms with Crippen molar-refractivity contribution in [2.45, 2.75) is 37.8 Å². The molecule has 4 aromatic rings. The van der Waals surface area contributed by atoms with Crippen LogP contribution in [-0.4, -0.2) is 80.1 Å². The summed E-state index contributed by atoms with van der Waals surface area (Å²) in [5.41, 5.74) is 3.22. The van der Waals surface area contributed by atoms with Crippen molar-refractivity contribution in [1.82, 2.24) is 34.5 Å². The van der Waals surface area contributed by atoms with E-state index in [1.807, 2.05) is 6.07 Å². The van der Waals surface area contributed by atoms with E-state index in [-0.39, 0.29) is 37.8 Å². The van der Waals surface area contributed by atoms with Gasteiger partial charge in [-0.3, -0.25) is 0 Å². The maximum atomic E-state index is 14.5. The minimum Gasteiger partial charge on any atom is -0.479 e. The topological polar surface area (TPSA) is 85.4 Å². The highest BCUT2D eigenvalue weighted by Crippen LogP contribution is 2.34. The van der Waals surface area contributed by atoms with Crippen molar-refractivity contribution < 1.29 is 22.3 Å². The molecule has 186 valence electrons. The summed E-state index contributed by atoms with van der Waals surface area (Å²) >= 11 is 0. The second-order valence-electron chi connectivity index (χ2n) is 8.65. The van der Waals surface area contributed by atoms with Gasteiger partial charge in [0.05, 0.1) is 25.2 Å². The van der Waals surface area contributed by atoms with Gasteiger partial charge in [0.2, 0.25) is 18.3 Å². The molecule has 9 nitrogen and oxygen atoms in total. The quantitative estimate of drug-likeness (QED) is 0.395. The number of hydrogen-bond donors (Lipinski definition) is 1. The van der Waals surface area contributed by atoms with Gasteiger partial charge in [0.25, 0.3) is 5.92 Å². The average Bonchev–Trinajstić information content (AvgIpc) is 3.42. The van der Waals surface area contributed by atoms with Gasteiger partial charge >= 0.3 is 0 Å². The fraction of sp³-hybridized carbons (Fsp3) is 0.455. The van der Waals surface area contributed by atoms with Crippen molar-refractivity contribution in [3.63, 3.8) is 0 Å². The van der Waals surface area contributed by atoms with Gasteiger partial charge in [0.15, 0.2) is 0 Å². The zero-order valence-corrected chi connectivity index (χ0v) is 19.1. The van der Waals surface area contributed by atoms with E-state index in [4.69, 9.17) is 4.74 Å². The minimum atomic E-state index is -2.93. The molecule has 0 amide bonds. The molecule has 5 rings (SSSR count). The SMILES string of the molecule is COc1nc(NC2CCN(C)CC2(F)F)nn2ccc(-c3ccc4nnn(CCC(F)F)c4c3)c12. The van der Waals surface area contributed by atoms with E-state index in [0.29, 0.717) is 23.1 Å². The van der Waals surface area contributed by atoms with Gasteiger partial charge in [-0.05, 0) is 37.2 Å². The molecule has 1 aromatic carbocycles. The summed E-state index contributed by atoms with van der Waals surface area (Å²) in [5.74, 6) is -2.68. The number of anilines is 1. The maximum Gasteiger partial charge on any atom is 0.280 e. The summed E-state index contributed by atoms with van der Waals surface area (Å²) in [6.07, 6.45) is -0.835. The van der Waals surface area contributed by atoms with Crippen LogP contribution >= 0.6 is 0 Å². The van der Waals surface area contributed by atoms with E-state index in [9.17, 15) is 17.6 Å². The number of likely N-dealkylation sites (tertiary alicyclic amines) is 1. The molecule has 0 spiro atoms. The summed E-state index contributed by atoms with van der Waals surface area (Å²) < 4.78 is 62.8. The van der Waals surface area contributed by atoms with Crippen LogP contribution in [0.25, 0.3) is 27.7 Å². The van der Waals surface area contributed by atoms with Crippen molar-refractivity contribution in [1.29, 1.82) is 0 Å². The van der Waals surface area contributed by atoms with Crippen LogP contribution in [0.5, 0.6) is 5.88 Å². The first kappa shape index (κ1) is 23.3. The standard InChI is InChI=1S/C22H24F4N8O/c1-32-8-6-17(22(25,26)12-32)27-21-28-20(35-2)19-14(5-9-34(19)30-21)13-3-4-15-16(11-13)33(31-29-15)10-7-18(23)24/h3-5,9,11,17-18H,6-8,10,12H2,1-2H3,(H,27,30). The highest BCUT2D eigenvalue weighted by atomic mass is 19.3. The molecule has 0 bridgehead atoms. The number of ether oxygens (including phenoxy) is 1. The predicted octanol–water partition coefficient (Wildman–Crippen LogP) is 3.56. The molecule has 1 atom stereocenters. The van der Waals surface area contributed by atoms with E-state index in [2.05, 4.69) is 25.7 Å². The molecule has 1 aliphatic rings. The third-order valence-electron chi connectivity index (χ3n) is 6.15. The maximum absolute atomic E-state index is 14.5. The number of piperidine rings is 1. The van der Waals surface area contributed by atoms with Crippen LogP contribution in [0.1, 0.15) is 12.8 Å². The number of halogens is 4. The van der Waals surface area contributed by atoms with E-state index in [0.717, 1.165) is 11.1 Å². The van der Waals surface area contributed by atoms with Crippen LogP contribution < -0.4 is 10.1 Å². The Morgan fingerprint density at radius 1 is 1.26 bits per heavy atom. The largest absolute Gasteiger partial charge is 0.479 e. The van der Waals surface area contributed by atoms with Gasteiger partial charge in [-0.2, -0.15) is 4.98 Å². The molecule has 1 N–H and O–H groups in total. The second kappa shape index (κ2) is 8.95. The Balaban J connectivity index is 1.49. The second-order valence-corrected chi connectivity index (χ2v) is 8.65. The Labute approximate surface area is 197 Å². The van der Waals surface area contributed by atoms with E-state index < -0.39 is 18.4 Å². The molecule has 13 heteroatoms. The number of aryl methyl sites for hydroxylation is 1. The Hall–Kier alpha value is -3.48. The zero-order valence-electron chi connectivity index (χ0n) is 19.1. The fourth-order valence-electron chi connectivity index (χ4n) is 4.39. The zero-order chi connectivity index (χ0) is 24.7. The first-order valence-corrected chi connectivity index (χ1v) is 11.1. The monoisotopic (exact) mass is 492 g/mol. The number of benzene rings is 1. The van der Waals surface area contributed by atoms with E-state index >= 15 is 0 Å². The molecule has 0 aliphatic carbocycles. The number of rotatable bonds is 7. The van der Waals surface area contributed by atoms with Gasteiger partial charge in [0.1, 0.15) is 11.0 Å². The predicted molar refractivity (Wildman–Crippen MR) is 121 cm³/mol. The number of nitrogens with one attached hydrogen (secondary N) is 1. The minimum absolute atomic E-state index is 0.0375. The lowest BCUT2D eigenvalue weighted by atomic mass is 10.0. The molecule has 1 saturated heterocycles. The molecule has 1 unspecified atom stereocenters. The summed E-state index contributed by atoms with van der Waals surface area (Å²) in [6.45, 7) is 0.228. The third kappa shape index (κ3) is 4.47. The van der Waals surface area contributed by atoms with Crippen molar-refractivity contribution in [3.8, 4) is 17.0 Å². The Morgan fingerprint density at radius 2 is 2.09 bits per heavy atom. The lowest BCUT2D eigenvalue weighted by Crippen LogP contribution is -2.53. The molecule has 1 aliphatic heterocycles. The molecule has 4 heterocycles. The Bertz CT molecular complexity index is 1350. The van der Waals surface area contributed by atoms with Crippen LogP contribution in [-0.2, 0) is 6.54 Å². The summed E-state index contributed by atoms with van der Waals surface area (Å²) in [7, 11) is 3.11. The van der Waals surface area contributed by atoms with E-state index in [1.165, 1.54) is 16.3 Å².